The van der Waals surface area contributed by atoms with Gasteiger partial charge in [-0.15, -0.1) is 0 Å². The first-order valence-electron chi connectivity index (χ1n) is 11.3. The minimum absolute atomic E-state index is 0.243. The van der Waals surface area contributed by atoms with E-state index in [0.29, 0.717) is 0 Å². The van der Waals surface area contributed by atoms with E-state index in [-0.39, 0.29) is 11.6 Å². The molecule has 0 nitrogen and oxygen atoms in total. The lowest BCUT2D eigenvalue weighted by atomic mass is 9.90. The van der Waals surface area contributed by atoms with Crippen LogP contribution in [0.15, 0.2) is 84.9 Å². The van der Waals surface area contributed by atoms with Crippen LogP contribution in [0.3, 0.4) is 0 Å². The Bertz CT molecular complexity index is 1410. The SMILES string of the molecule is Cc1ccc(F)cc1C=Cc1c2ccccc2c(C=Cc2cc(F)ccc2C)c2ccccc12. The minimum Gasteiger partial charge on any atom is -0.207 e. The van der Waals surface area contributed by atoms with E-state index in [4.69, 9.17) is 0 Å². The van der Waals surface area contributed by atoms with E-state index in [9.17, 15) is 8.78 Å². The summed E-state index contributed by atoms with van der Waals surface area (Å²) >= 11 is 0. The lowest BCUT2D eigenvalue weighted by molar-refractivity contribution is 0.626. The predicted molar refractivity (Wildman–Crippen MR) is 142 cm³/mol. The van der Waals surface area contributed by atoms with Crippen LogP contribution >= 0.6 is 0 Å². The van der Waals surface area contributed by atoms with Gasteiger partial charge in [0, 0.05) is 0 Å². The molecule has 0 heterocycles. The second-order valence-electron chi connectivity index (χ2n) is 8.59. The number of fused-ring (bicyclic) bond motifs is 2. The van der Waals surface area contributed by atoms with Gasteiger partial charge in [0.25, 0.3) is 0 Å². The highest BCUT2D eigenvalue weighted by molar-refractivity contribution is 6.14. The van der Waals surface area contributed by atoms with Crippen molar-refractivity contribution in [1.29, 1.82) is 0 Å². The maximum absolute atomic E-state index is 13.8. The Kier molecular flexibility index (Phi) is 5.81. The van der Waals surface area contributed by atoms with E-state index in [0.717, 1.165) is 54.9 Å². The zero-order valence-corrected chi connectivity index (χ0v) is 19.1. The first kappa shape index (κ1) is 21.8. The molecule has 0 fully saturated rings. The molecule has 34 heavy (non-hydrogen) atoms. The van der Waals surface area contributed by atoms with Crippen molar-refractivity contribution >= 4 is 45.8 Å². The largest absolute Gasteiger partial charge is 0.207 e. The van der Waals surface area contributed by atoms with Crippen LogP contribution in [-0.4, -0.2) is 0 Å². The van der Waals surface area contributed by atoms with E-state index in [2.05, 4.69) is 36.4 Å². The van der Waals surface area contributed by atoms with Gasteiger partial charge >= 0.3 is 0 Å². The van der Waals surface area contributed by atoms with Gasteiger partial charge in [-0.3, -0.25) is 0 Å². The van der Waals surface area contributed by atoms with Crippen molar-refractivity contribution in [1.82, 2.24) is 0 Å². The highest BCUT2D eigenvalue weighted by Gasteiger charge is 2.11. The van der Waals surface area contributed by atoms with Crippen LogP contribution in [0.2, 0.25) is 0 Å². The Labute approximate surface area is 198 Å². The number of benzene rings is 5. The molecule has 0 aliphatic carbocycles. The van der Waals surface area contributed by atoms with Gasteiger partial charge in [-0.2, -0.15) is 0 Å². The topological polar surface area (TPSA) is 0 Å². The highest BCUT2D eigenvalue weighted by Crippen LogP contribution is 2.35. The van der Waals surface area contributed by atoms with Crippen molar-refractivity contribution < 1.29 is 8.78 Å². The Morgan fingerprint density at radius 1 is 0.471 bits per heavy atom. The Hall–Kier alpha value is -4.04. The Morgan fingerprint density at radius 3 is 1.18 bits per heavy atom. The van der Waals surface area contributed by atoms with Crippen LogP contribution in [-0.2, 0) is 0 Å². The maximum Gasteiger partial charge on any atom is 0.123 e. The summed E-state index contributed by atoms with van der Waals surface area (Å²) < 4.78 is 27.7. The van der Waals surface area contributed by atoms with Crippen molar-refractivity contribution in [2.45, 2.75) is 13.8 Å². The van der Waals surface area contributed by atoms with E-state index >= 15 is 0 Å². The number of halogens is 2. The fraction of sp³-hybridized carbons (Fsp3) is 0.0625. The summed E-state index contributed by atoms with van der Waals surface area (Å²) in [6, 6.07) is 26.3. The molecular weight excluding hydrogens is 422 g/mol. The number of aryl methyl sites for hydroxylation is 2. The molecular formula is C32H24F2. The summed E-state index contributed by atoms with van der Waals surface area (Å²) in [5.41, 5.74) is 5.95. The number of hydrogen-bond donors (Lipinski definition) is 0. The average Bonchev–Trinajstić information content (AvgIpc) is 2.85. The van der Waals surface area contributed by atoms with E-state index in [1.54, 1.807) is 24.3 Å². The third kappa shape index (κ3) is 4.15. The average molecular weight is 447 g/mol. The van der Waals surface area contributed by atoms with Gasteiger partial charge in [-0.25, -0.2) is 8.78 Å². The molecule has 0 amide bonds. The molecule has 0 saturated heterocycles. The molecule has 5 aromatic carbocycles. The van der Waals surface area contributed by atoms with Gasteiger partial charge in [0.1, 0.15) is 11.6 Å². The van der Waals surface area contributed by atoms with Crippen molar-refractivity contribution in [2.24, 2.45) is 0 Å². The number of hydrogen-bond acceptors (Lipinski definition) is 0. The van der Waals surface area contributed by atoms with Gasteiger partial charge < -0.3 is 0 Å². The molecule has 0 aromatic heterocycles. The first-order chi connectivity index (χ1) is 16.5. The normalized spacial score (nSPS) is 11.9. The quantitative estimate of drug-likeness (QED) is 0.191. The third-order valence-electron chi connectivity index (χ3n) is 6.36. The van der Waals surface area contributed by atoms with Crippen LogP contribution in [0.4, 0.5) is 8.78 Å². The zero-order chi connectivity index (χ0) is 23.7. The van der Waals surface area contributed by atoms with Crippen LogP contribution in [0.1, 0.15) is 33.4 Å². The number of rotatable bonds is 4. The summed E-state index contributed by atoms with van der Waals surface area (Å²) in [5.74, 6) is -0.485. The summed E-state index contributed by atoms with van der Waals surface area (Å²) in [4.78, 5) is 0. The van der Waals surface area contributed by atoms with Gasteiger partial charge in [0.15, 0.2) is 0 Å². The van der Waals surface area contributed by atoms with E-state index in [1.165, 1.54) is 12.1 Å². The molecule has 0 radical (unpaired) electrons. The summed E-state index contributed by atoms with van der Waals surface area (Å²) in [6.45, 7) is 3.97. The van der Waals surface area contributed by atoms with Crippen molar-refractivity contribution in [2.75, 3.05) is 0 Å². The first-order valence-corrected chi connectivity index (χ1v) is 11.3. The third-order valence-corrected chi connectivity index (χ3v) is 6.36. The fourth-order valence-electron chi connectivity index (χ4n) is 4.48. The van der Waals surface area contributed by atoms with Gasteiger partial charge in [-0.1, -0.05) is 85.0 Å². The molecule has 2 heteroatoms. The lowest BCUT2D eigenvalue weighted by Gasteiger charge is -2.13. The molecule has 0 unspecified atom stereocenters. The van der Waals surface area contributed by atoms with Gasteiger partial charge in [-0.05, 0) is 93.0 Å². The summed E-state index contributed by atoms with van der Waals surface area (Å²) in [5, 5.41) is 4.45. The summed E-state index contributed by atoms with van der Waals surface area (Å²) in [7, 11) is 0. The molecule has 5 rings (SSSR count). The standard InChI is InChI=1S/C32H24F2/c1-21-11-15-25(33)19-23(21)13-17-31-27-7-3-5-9-29(27)32(30-10-6-4-8-28(30)31)18-14-24-20-26(34)16-12-22(24)2/h3-20H,1-2H3. The minimum atomic E-state index is -0.243. The van der Waals surface area contributed by atoms with Crippen LogP contribution in [0.5, 0.6) is 0 Å². The molecule has 0 spiro atoms. The molecule has 0 atom stereocenters. The van der Waals surface area contributed by atoms with Crippen LogP contribution < -0.4 is 0 Å². The maximum atomic E-state index is 13.8. The monoisotopic (exact) mass is 446 g/mol. The molecule has 5 aromatic rings. The van der Waals surface area contributed by atoms with Gasteiger partial charge in [0.2, 0.25) is 0 Å². The van der Waals surface area contributed by atoms with Crippen molar-refractivity contribution in [3.63, 3.8) is 0 Å². The molecule has 0 N–H and O–H groups in total. The molecule has 0 aliphatic rings. The van der Waals surface area contributed by atoms with Crippen LogP contribution in [0, 0.1) is 25.5 Å². The molecule has 166 valence electrons. The van der Waals surface area contributed by atoms with Gasteiger partial charge in [0.05, 0.1) is 0 Å². The van der Waals surface area contributed by atoms with Crippen LogP contribution in [0.25, 0.3) is 45.8 Å². The lowest BCUT2D eigenvalue weighted by Crippen LogP contribution is -1.89. The highest BCUT2D eigenvalue weighted by atomic mass is 19.1. The Balaban J connectivity index is 1.73. The Morgan fingerprint density at radius 2 is 0.824 bits per heavy atom. The van der Waals surface area contributed by atoms with Crippen molar-refractivity contribution in [3.05, 3.63) is 130 Å². The second kappa shape index (κ2) is 9.07. The smallest absolute Gasteiger partial charge is 0.123 e. The van der Waals surface area contributed by atoms with E-state index in [1.807, 2.05) is 50.3 Å². The predicted octanol–water partition coefficient (Wildman–Crippen LogP) is 9.23. The molecule has 0 aliphatic heterocycles. The van der Waals surface area contributed by atoms with E-state index < -0.39 is 0 Å². The molecule has 0 bridgehead atoms. The zero-order valence-electron chi connectivity index (χ0n) is 19.1. The summed E-state index contributed by atoms with van der Waals surface area (Å²) in [6.07, 6.45) is 8.13. The second-order valence-corrected chi connectivity index (χ2v) is 8.59. The van der Waals surface area contributed by atoms with Crippen molar-refractivity contribution in [3.8, 4) is 0 Å². The fourth-order valence-corrected chi connectivity index (χ4v) is 4.48. The molecule has 0 saturated carbocycles.